The molecule has 0 aliphatic carbocycles. The highest BCUT2D eigenvalue weighted by molar-refractivity contribution is 6.08. The molecule has 2 aromatic heterocycles. The largest absolute Gasteiger partial charge is 0.416 e. The number of hydrogen-bond acceptors (Lipinski definition) is 4. The van der Waals surface area contributed by atoms with Crippen molar-refractivity contribution in [2.45, 2.75) is 13.1 Å². The fraction of sp³-hybridized carbons (Fsp3) is 0.125. The second-order valence-corrected chi connectivity index (χ2v) is 7.49. The summed E-state index contributed by atoms with van der Waals surface area (Å²) < 4.78 is 42.2. The fourth-order valence-electron chi connectivity index (χ4n) is 3.49. The second kappa shape index (κ2) is 8.89. The van der Waals surface area contributed by atoms with E-state index in [2.05, 4.69) is 15.6 Å². The van der Waals surface area contributed by atoms with Gasteiger partial charge < -0.3 is 10.6 Å². The number of carbonyl (C=O) groups is 1. The predicted octanol–water partition coefficient (Wildman–Crippen LogP) is 4.89. The third-order valence-corrected chi connectivity index (χ3v) is 5.30. The van der Waals surface area contributed by atoms with Crippen LogP contribution in [0.1, 0.15) is 21.6 Å². The first-order valence-corrected chi connectivity index (χ1v) is 10.2. The van der Waals surface area contributed by atoms with E-state index in [0.29, 0.717) is 11.4 Å². The van der Waals surface area contributed by atoms with Gasteiger partial charge in [-0.1, -0.05) is 24.3 Å². The van der Waals surface area contributed by atoms with E-state index in [-0.39, 0.29) is 22.8 Å². The van der Waals surface area contributed by atoms with Crippen molar-refractivity contribution in [1.82, 2.24) is 14.3 Å². The molecule has 0 aliphatic heterocycles. The SMILES string of the molecule is Cc1c(NC(=O)c2cccnc2Nc2cccc(C(F)(F)F)c2)c(=O)n(-c2ccccc2)n1C. The molecule has 4 aromatic rings. The van der Waals surface area contributed by atoms with Gasteiger partial charge in [0.15, 0.2) is 0 Å². The van der Waals surface area contributed by atoms with Crippen LogP contribution in [0.2, 0.25) is 0 Å². The number of anilines is 3. The molecule has 7 nitrogen and oxygen atoms in total. The van der Waals surface area contributed by atoms with E-state index in [4.69, 9.17) is 0 Å². The Morgan fingerprint density at radius 2 is 1.74 bits per heavy atom. The van der Waals surface area contributed by atoms with E-state index in [1.165, 1.54) is 35.1 Å². The monoisotopic (exact) mass is 467 g/mol. The maximum absolute atomic E-state index is 13.1. The minimum absolute atomic E-state index is 0.0521. The number of alkyl halides is 3. The Hall–Kier alpha value is -4.34. The van der Waals surface area contributed by atoms with E-state index in [0.717, 1.165) is 12.1 Å². The van der Waals surface area contributed by atoms with Gasteiger partial charge in [-0.15, -0.1) is 0 Å². The first-order valence-electron chi connectivity index (χ1n) is 10.2. The summed E-state index contributed by atoms with van der Waals surface area (Å²) in [5.74, 6) is -0.579. The van der Waals surface area contributed by atoms with E-state index in [9.17, 15) is 22.8 Å². The highest BCUT2D eigenvalue weighted by Crippen LogP contribution is 2.31. The number of para-hydroxylation sites is 1. The van der Waals surface area contributed by atoms with Crippen molar-refractivity contribution in [3.05, 3.63) is 100 Å². The summed E-state index contributed by atoms with van der Waals surface area (Å²) in [5, 5.41) is 5.40. The third-order valence-electron chi connectivity index (χ3n) is 5.30. The number of pyridine rings is 1. The maximum atomic E-state index is 13.1. The smallest absolute Gasteiger partial charge is 0.340 e. The van der Waals surface area contributed by atoms with Crippen LogP contribution in [0, 0.1) is 6.92 Å². The highest BCUT2D eigenvalue weighted by atomic mass is 19.4. The van der Waals surface area contributed by atoms with Gasteiger partial charge in [0.2, 0.25) is 0 Å². The molecule has 0 spiro atoms. The van der Waals surface area contributed by atoms with Crippen molar-refractivity contribution in [2.24, 2.45) is 7.05 Å². The van der Waals surface area contributed by atoms with Crippen molar-refractivity contribution in [3.8, 4) is 5.69 Å². The standard InChI is InChI=1S/C24H20F3N5O2/c1-15-20(23(34)32(31(15)2)18-10-4-3-5-11-18)30-22(33)19-12-7-13-28-21(19)29-17-9-6-8-16(14-17)24(25,26)27/h3-14H,1-2H3,(H,28,29)(H,30,33). The molecular weight excluding hydrogens is 447 g/mol. The third kappa shape index (κ3) is 4.42. The van der Waals surface area contributed by atoms with Gasteiger partial charge in [0.05, 0.1) is 22.5 Å². The zero-order chi connectivity index (χ0) is 24.5. The van der Waals surface area contributed by atoms with Crippen LogP contribution in [0.5, 0.6) is 0 Å². The Labute approximate surface area is 192 Å². The molecule has 1 amide bonds. The van der Waals surface area contributed by atoms with Crippen LogP contribution in [0.15, 0.2) is 77.7 Å². The molecule has 2 N–H and O–H groups in total. The molecule has 0 saturated carbocycles. The van der Waals surface area contributed by atoms with Crippen LogP contribution in [-0.4, -0.2) is 20.3 Å². The summed E-state index contributed by atoms with van der Waals surface area (Å²) in [5.41, 5.74) is 0.172. The Kier molecular flexibility index (Phi) is 5.97. The molecule has 0 saturated heterocycles. The average molecular weight is 467 g/mol. The Bertz CT molecular complexity index is 1410. The summed E-state index contributed by atoms with van der Waals surface area (Å²) in [7, 11) is 1.70. The molecule has 174 valence electrons. The van der Waals surface area contributed by atoms with Crippen molar-refractivity contribution >= 4 is 23.1 Å². The predicted molar refractivity (Wildman–Crippen MR) is 123 cm³/mol. The summed E-state index contributed by atoms with van der Waals surface area (Å²) in [4.78, 5) is 30.3. The van der Waals surface area contributed by atoms with Crippen molar-refractivity contribution in [1.29, 1.82) is 0 Å². The van der Waals surface area contributed by atoms with Crippen LogP contribution in [0.25, 0.3) is 5.69 Å². The van der Waals surface area contributed by atoms with Crippen LogP contribution in [-0.2, 0) is 13.2 Å². The lowest BCUT2D eigenvalue weighted by atomic mass is 10.2. The average Bonchev–Trinajstić information content (AvgIpc) is 3.02. The lowest BCUT2D eigenvalue weighted by Gasteiger charge is -2.13. The molecule has 0 aliphatic rings. The minimum Gasteiger partial charge on any atom is -0.340 e. The van der Waals surface area contributed by atoms with Gasteiger partial charge in [-0.3, -0.25) is 14.3 Å². The number of nitrogens with one attached hydrogen (secondary N) is 2. The number of hydrogen-bond donors (Lipinski definition) is 2. The summed E-state index contributed by atoms with van der Waals surface area (Å²) in [6.07, 6.45) is -3.10. The molecule has 2 aromatic carbocycles. The normalized spacial score (nSPS) is 11.3. The van der Waals surface area contributed by atoms with Crippen molar-refractivity contribution < 1.29 is 18.0 Å². The molecule has 0 radical (unpaired) electrons. The van der Waals surface area contributed by atoms with E-state index < -0.39 is 23.2 Å². The Balaban J connectivity index is 1.65. The highest BCUT2D eigenvalue weighted by Gasteiger charge is 2.30. The minimum atomic E-state index is -4.51. The first-order chi connectivity index (χ1) is 16.2. The second-order valence-electron chi connectivity index (χ2n) is 7.49. The number of nitrogens with zero attached hydrogens (tertiary/aromatic N) is 3. The Morgan fingerprint density at radius 3 is 2.44 bits per heavy atom. The Morgan fingerprint density at radius 1 is 1.00 bits per heavy atom. The molecule has 2 heterocycles. The summed E-state index contributed by atoms with van der Waals surface area (Å²) in [6.45, 7) is 1.70. The number of rotatable bonds is 5. The quantitative estimate of drug-likeness (QED) is 0.438. The molecule has 0 bridgehead atoms. The molecule has 0 fully saturated rings. The number of aromatic nitrogens is 3. The van der Waals surface area contributed by atoms with Crippen LogP contribution < -0.4 is 16.2 Å². The first kappa shape index (κ1) is 22.8. The van der Waals surface area contributed by atoms with Crippen LogP contribution in [0.4, 0.5) is 30.4 Å². The summed E-state index contributed by atoms with van der Waals surface area (Å²) in [6, 6.07) is 16.5. The van der Waals surface area contributed by atoms with E-state index >= 15 is 0 Å². The topological polar surface area (TPSA) is 81.0 Å². The summed E-state index contributed by atoms with van der Waals surface area (Å²) >= 11 is 0. The van der Waals surface area contributed by atoms with Gasteiger partial charge in [-0.25, -0.2) is 9.67 Å². The zero-order valence-electron chi connectivity index (χ0n) is 18.2. The molecular formula is C24H20F3N5O2. The number of halogens is 3. The van der Waals surface area contributed by atoms with E-state index in [1.54, 1.807) is 42.9 Å². The maximum Gasteiger partial charge on any atom is 0.416 e. The number of carbonyl (C=O) groups excluding carboxylic acids is 1. The van der Waals surface area contributed by atoms with Gasteiger partial charge >= 0.3 is 6.18 Å². The van der Waals surface area contributed by atoms with Gasteiger partial charge in [-0.05, 0) is 49.4 Å². The number of benzene rings is 2. The van der Waals surface area contributed by atoms with E-state index in [1.807, 2.05) is 6.07 Å². The van der Waals surface area contributed by atoms with Gasteiger partial charge in [0, 0.05) is 18.9 Å². The van der Waals surface area contributed by atoms with Gasteiger partial charge in [0.25, 0.3) is 11.5 Å². The van der Waals surface area contributed by atoms with Crippen molar-refractivity contribution in [3.63, 3.8) is 0 Å². The lowest BCUT2D eigenvalue weighted by Crippen LogP contribution is -2.23. The van der Waals surface area contributed by atoms with Crippen LogP contribution >= 0.6 is 0 Å². The molecule has 4 rings (SSSR count). The molecule has 10 heteroatoms. The lowest BCUT2D eigenvalue weighted by molar-refractivity contribution is -0.137. The fourth-order valence-corrected chi connectivity index (χ4v) is 3.49. The van der Waals surface area contributed by atoms with Crippen molar-refractivity contribution in [2.75, 3.05) is 10.6 Å². The van der Waals surface area contributed by atoms with Crippen LogP contribution in [0.3, 0.4) is 0 Å². The molecule has 0 unspecified atom stereocenters. The van der Waals surface area contributed by atoms with Gasteiger partial charge in [0.1, 0.15) is 11.5 Å². The number of amides is 1. The van der Waals surface area contributed by atoms with Gasteiger partial charge in [-0.2, -0.15) is 13.2 Å². The zero-order valence-corrected chi connectivity index (χ0v) is 18.2. The molecule has 34 heavy (non-hydrogen) atoms. The molecule has 0 atom stereocenters.